The summed E-state index contributed by atoms with van der Waals surface area (Å²) in [4.78, 5) is 24.4. The molecule has 26 heavy (non-hydrogen) atoms. The lowest BCUT2D eigenvalue weighted by Crippen LogP contribution is -2.42. The molecule has 2 aliphatic heterocycles. The summed E-state index contributed by atoms with van der Waals surface area (Å²) in [6.45, 7) is 2.12. The van der Waals surface area contributed by atoms with Crippen LogP contribution in [0, 0.1) is 0 Å². The zero-order valence-electron chi connectivity index (χ0n) is 14.0. The number of halogens is 1. The van der Waals surface area contributed by atoms with E-state index in [0.29, 0.717) is 31.1 Å². The number of ether oxygens (including phenoxy) is 3. The van der Waals surface area contributed by atoms with Crippen molar-refractivity contribution in [2.45, 2.75) is 25.5 Å². The van der Waals surface area contributed by atoms with Gasteiger partial charge in [0.05, 0.1) is 22.1 Å². The molecule has 2 atom stereocenters. The molecule has 0 spiro atoms. The van der Waals surface area contributed by atoms with Gasteiger partial charge in [-0.3, -0.25) is 4.79 Å². The van der Waals surface area contributed by atoms with Crippen molar-refractivity contribution in [3.63, 3.8) is 0 Å². The first-order chi connectivity index (χ1) is 12.2. The van der Waals surface area contributed by atoms with Gasteiger partial charge in [0.2, 0.25) is 0 Å². The summed E-state index contributed by atoms with van der Waals surface area (Å²) in [5, 5.41) is 2.80. The Labute approximate surface area is 155 Å². The van der Waals surface area contributed by atoms with Gasteiger partial charge in [0.1, 0.15) is 13.2 Å². The minimum absolute atomic E-state index is 0.0435. The van der Waals surface area contributed by atoms with Crippen LogP contribution < -0.4 is 14.8 Å². The molecule has 1 saturated heterocycles. The fourth-order valence-corrected chi connectivity index (χ4v) is 4.68. The molecule has 10 heteroatoms. The lowest BCUT2D eigenvalue weighted by molar-refractivity contribution is -0.129. The highest BCUT2D eigenvalue weighted by molar-refractivity contribution is 7.91. The fourth-order valence-electron chi connectivity index (χ4n) is 2.74. The molecule has 0 radical (unpaired) electrons. The van der Waals surface area contributed by atoms with Crippen LogP contribution >= 0.6 is 11.6 Å². The van der Waals surface area contributed by atoms with E-state index in [1.165, 1.54) is 19.1 Å². The summed E-state index contributed by atoms with van der Waals surface area (Å²) in [5.41, 5.74) is 0.127. The first-order valence-corrected chi connectivity index (χ1v) is 10.3. The lowest BCUT2D eigenvalue weighted by Gasteiger charge is -2.20. The first-order valence-electron chi connectivity index (χ1n) is 8.06. The van der Waals surface area contributed by atoms with Gasteiger partial charge in [0.25, 0.3) is 5.91 Å². The number of fused-ring (bicyclic) bond motifs is 1. The summed E-state index contributed by atoms with van der Waals surface area (Å²) in [5.74, 6) is -0.653. The molecule has 0 aromatic heterocycles. The van der Waals surface area contributed by atoms with Crippen molar-refractivity contribution in [2.24, 2.45) is 0 Å². The van der Waals surface area contributed by atoms with Gasteiger partial charge in [-0.15, -0.1) is 0 Å². The van der Waals surface area contributed by atoms with Gasteiger partial charge in [-0.2, -0.15) is 0 Å². The maximum Gasteiger partial charge on any atom is 0.339 e. The quantitative estimate of drug-likeness (QED) is 0.746. The molecule has 0 unspecified atom stereocenters. The molecule has 2 aliphatic rings. The average molecular weight is 404 g/mol. The highest BCUT2D eigenvalue weighted by Gasteiger charge is 2.31. The third-order valence-corrected chi connectivity index (χ3v) is 6.11. The minimum Gasteiger partial charge on any atom is -0.486 e. The van der Waals surface area contributed by atoms with E-state index in [9.17, 15) is 18.0 Å². The smallest absolute Gasteiger partial charge is 0.339 e. The largest absolute Gasteiger partial charge is 0.486 e. The Bertz CT molecular complexity index is 839. The Balaban J connectivity index is 1.62. The Kier molecular flexibility index (Phi) is 5.29. The Morgan fingerprint density at radius 3 is 2.73 bits per heavy atom. The molecule has 1 aromatic rings. The second kappa shape index (κ2) is 7.32. The number of hydrogen-bond acceptors (Lipinski definition) is 7. The molecule has 1 fully saturated rings. The number of sulfone groups is 1. The number of rotatable bonds is 4. The standard InChI is InChI=1S/C16H18ClNO7S/c1-9(15(19)18-11-2-5-26(21,22)8-11)25-16(20)10-6-12(17)14-13(7-10)23-3-4-24-14/h6-7,9,11H,2-5,8H2,1H3,(H,18,19)/t9-,11+/m1/s1. The van der Waals surface area contributed by atoms with Gasteiger partial charge in [0, 0.05) is 6.04 Å². The predicted octanol–water partition coefficient (Wildman–Crippen LogP) is 0.960. The monoisotopic (exact) mass is 403 g/mol. The summed E-state index contributed by atoms with van der Waals surface area (Å²) in [6.07, 6.45) is -0.732. The highest BCUT2D eigenvalue weighted by Crippen LogP contribution is 2.38. The van der Waals surface area contributed by atoms with Crippen LogP contribution in [0.5, 0.6) is 11.5 Å². The molecule has 0 saturated carbocycles. The summed E-state index contributed by atoms with van der Waals surface area (Å²) in [6, 6.07) is 2.36. The summed E-state index contributed by atoms with van der Waals surface area (Å²) < 4.78 is 38.8. The minimum atomic E-state index is -3.11. The number of esters is 1. The van der Waals surface area contributed by atoms with Crippen LogP contribution in [0.25, 0.3) is 0 Å². The normalized spacial score (nSPS) is 21.7. The third kappa shape index (κ3) is 4.21. The number of amides is 1. The second-order valence-corrected chi connectivity index (χ2v) is 8.77. The van der Waals surface area contributed by atoms with E-state index < -0.39 is 33.9 Å². The molecule has 0 bridgehead atoms. The zero-order valence-corrected chi connectivity index (χ0v) is 15.6. The number of carbonyl (C=O) groups excluding carboxylic acids is 2. The van der Waals surface area contributed by atoms with Crippen LogP contribution in [0.2, 0.25) is 5.02 Å². The molecular formula is C16H18ClNO7S. The number of carbonyl (C=O) groups is 2. The van der Waals surface area contributed by atoms with E-state index in [2.05, 4.69) is 5.32 Å². The summed E-state index contributed by atoms with van der Waals surface area (Å²) >= 11 is 6.08. The van der Waals surface area contributed by atoms with Crippen LogP contribution in [0.1, 0.15) is 23.7 Å². The van der Waals surface area contributed by atoms with E-state index in [1.54, 1.807) is 0 Å². The molecule has 8 nitrogen and oxygen atoms in total. The van der Waals surface area contributed by atoms with Gasteiger partial charge >= 0.3 is 5.97 Å². The maximum atomic E-state index is 12.3. The van der Waals surface area contributed by atoms with Gasteiger partial charge in [-0.05, 0) is 25.5 Å². The molecule has 1 N–H and O–H groups in total. The van der Waals surface area contributed by atoms with E-state index >= 15 is 0 Å². The summed E-state index contributed by atoms with van der Waals surface area (Å²) in [7, 11) is -3.11. The van der Waals surface area contributed by atoms with E-state index in [0.717, 1.165) is 0 Å². The maximum absolute atomic E-state index is 12.3. The lowest BCUT2D eigenvalue weighted by atomic mass is 10.2. The zero-order chi connectivity index (χ0) is 18.9. The van der Waals surface area contributed by atoms with Crippen molar-refractivity contribution in [3.05, 3.63) is 22.7 Å². The number of benzene rings is 1. The van der Waals surface area contributed by atoms with E-state index in [-0.39, 0.29) is 22.1 Å². The SMILES string of the molecule is C[C@@H](OC(=O)c1cc(Cl)c2c(c1)OCCO2)C(=O)N[C@H]1CCS(=O)(=O)C1. The van der Waals surface area contributed by atoms with Crippen LogP contribution in [-0.4, -0.2) is 57.2 Å². The van der Waals surface area contributed by atoms with E-state index in [4.69, 9.17) is 25.8 Å². The third-order valence-electron chi connectivity index (χ3n) is 4.06. The van der Waals surface area contributed by atoms with Crippen LogP contribution in [0.4, 0.5) is 0 Å². The van der Waals surface area contributed by atoms with Crippen molar-refractivity contribution >= 4 is 33.3 Å². The fraction of sp³-hybridized carbons (Fsp3) is 0.500. The van der Waals surface area contributed by atoms with Gasteiger partial charge in [-0.1, -0.05) is 11.6 Å². The van der Waals surface area contributed by atoms with E-state index in [1.807, 2.05) is 0 Å². The molecule has 142 valence electrons. The highest BCUT2D eigenvalue weighted by atomic mass is 35.5. The van der Waals surface area contributed by atoms with Crippen molar-refractivity contribution in [1.29, 1.82) is 0 Å². The Hall–Kier alpha value is -2.00. The van der Waals surface area contributed by atoms with Crippen LogP contribution in [0.15, 0.2) is 12.1 Å². The van der Waals surface area contributed by atoms with Gasteiger partial charge < -0.3 is 19.5 Å². The topological polar surface area (TPSA) is 108 Å². The Morgan fingerprint density at radius 2 is 2.04 bits per heavy atom. The molecule has 3 rings (SSSR count). The predicted molar refractivity (Wildman–Crippen MR) is 92.5 cm³/mol. The molecular weight excluding hydrogens is 386 g/mol. The molecule has 1 aromatic carbocycles. The van der Waals surface area contributed by atoms with Crippen LogP contribution in [-0.2, 0) is 19.4 Å². The van der Waals surface area contributed by atoms with Crippen molar-refractivity contribution in [1.82, 2.24) is 5.32 Å². The number of hydrogen-bond donors (Lipinski definition) is 1. The van der Waals surface area contributed by atoms with Crippen molar-refractivity contribution < 1.29 is 32.2 Å². The van der Waals surface area contributed by atoms with Crippen molar-refractivity contribution in [3.8, 4) is 11.5 Å². The molecule has 0 aliphatic carbocycles. The first kappa shape index (κ1) is 18.8. The molecule has 2 heterocycles. The van der Waals surface area contributed by atoms with Crippen molar-refractivity contribution in [2.75, 3.05) is 24.7 Å². The van der Waals surface area contributed by atoms with Gasteiger partial charge in [-0.25, -0.2) is 13.2 Å². The average Bonchev–Trinajstić information content (AvgIpc) is 2.93. The second-order valence-electron chi connectivity index (χ2n) is 6.14. The Morgan fingerprint density at radius 1 is 1.31 bits per heavy atom. The number of nitrogens with one attached hydrogen (secondary N) is 1. The molecule has 1 amide bonds. The van der Waals surface area contributed by atoms with Gasteiger partial charge in [0.15, 0.2) is 27.4 Å². The van der Waals surface area contributed by atoms with Crippen LogP contribution in [0.3, 0.4) is 0 Å².